The number of amides is 1. The number of nitrogens with zero attached hydrogens (tertiary/aromatic N) is 3. The van der Waals surface area contributed by atoms with Crippen LogP contribution in [0.5, 0.6) is 0 Å². The second-order valence-electron chi connectivity index (χ2n) is 5.60. The average Bonchev–Trinajstić information content (AvgIpc) is 3.38. The number of benzene rings is 2. The molecule has 0 saturated heterocycles. The van der Waals surface area contributed by atoms with Gasteiger partial charge in [-0.1, -0.05) is 35.5 Å². The number of nitrogens with one attached hydrogen (secondary N) is 1. The zero-order chi connectivity index (χ0) is 18.6. The molecule has 0 aliphatic carbocycles. The Bertz CT molecular complexity index is 1120. The molecule has 0 radical (unpaired) electrons. The van der Waals surface area contributed by atoms with Crippen molar-refractivity contribution in [3.63, 3.8) is 0 Å². The lowest BCUT2D eigenvalue weighted by atomic mass is 10.1. The highest BCUT2D eigenvalue weighted by Crippen LogP contribution is 2.34. The minimum atomic E-state index is -0.276. The summed E-state index contributed by atoms with van der Waals surface area (Å²) in [6.07, 6.45) is 0. The molecule has 0 atom stereocenters. The van der Waals surface area contributed by atoms with Gasteiger partial charge >= 0.3 is 0 Å². The zero-order valence-electron chi connectivity index (χ0n) is 13.9. The van der Waals surface area contributed by atoms with Crippen molar-refractivity contribution in [1.29, 1.82) is 5.26 Å². The van der Waals surface area contributed by atoms with Crippen LogP contribution in [-0.4, -0.2) is 16.0 Å². The molecule has 4 aromatic rings. The zero-order valence-corrected chi connectivity index (χ0v) is 14.7. The van der Waals surface area contributed by atoms with Gasteiger partial charge in [0.25, 0.3) is 11.8 Å². The number of hydrogen-bond acceptors (Lipinski definition) is 6. The average molecular weight is 372 g/mol. The van der Waals surface area contributed by atoms with Crippen LogP contribution in [0, 0.1) is 11.3 Å². The van der Waals surface area contributed by atoms with Gasteiger partial charge in [-0.25, -0.2) is 0 Å². The first-order chi connectivity index (χ1) is 13.2. The molecule has 0 bridgehead atoms. The van der Waals surface area contributed by atoms with Gasteiger partial charge in [-0.15, -0.1) is 11.3 Å². The summed E-state index contributed by atoms with van der Waals surface area (Å²) < 4.78 is 5.38. The van der Waals surface area contributed by atoms with Gasteiger partial charge < -0.3 is 9.84 Å². The third kappa shape index (κ3) is 3.47. The Balaban J connectivity index is 1.57. The summed E-state index contributed by atoms with van der Waals surface area (Å²) in [5, 5.41) is 17.6. The smallest absolute Gasteiger partial charge is 0.270 e. The number of carbonyl (C=O) groups excluding carboxylic acids is 1. The van der Waals surface area contributed by atoms with E-state index in [1.54, 1.807) is 30.3 Å². The maximum Gasteiger partial charge on any atom is 0.270 e. The molecule has 2 aromatic carbocycles. The van der Waals surface area contributed by atoms with Gasteiger partial charge in [0.2, 0.25) is 5.82 Å². The van der Waals surface area contributed by atoms with E-state index in [-0.39, 0.29) is 5.91 Å². The fourth-order valence-corrected chi connectivity index (χ4v) is 3.25. The third-order valence-corrected chi connectivity index (χ3v) is 4.74. The summed E-state index contributed by atoms with van der Waals surface area (Å²) in [5.41, 5.74) is 2.41. The van der Waals surface area contributed by atoms with Crippen molar-refractivity contribution in [2.75, 3.05) is 5.32 Å². The molecule has 0 spiro atoms. The molecule has 0 unspecified atom stereocenters. The number of thiophene rings is 1. The van der Waals surface area contributed by atoms with Crippen molar-refractivity contribution in [3.8, 4) is 28.2 Å². The van der Waals surface area contributed by atoms with Gasteiger partial charge in [0.15, 0.2) is 0 Å². The summed E-state index contributed by atoms with van der Waals surface area (Å²) in [6, 6.07) is 19.8. The summed E-state index contributed by atoms with van der Waals surface area (Å²) in [7, 11) is 0. The normalized spacial score (nSPS) is 10.3. The summed E-state index contributed by atoms with van der Waals surface area (Å²) >= 11 is 1.40. The molecule has 7 heteroatoms. The molecule has 2 heterocycles. The molecular formula is C20H12N4O2S. The van der Waals surface area contributed by atoms with Crippen molar-refractivity contribution in [1.82, 2.24) is 10.1 Å². The van der Waals surface area contributed by atoms with E-state index in [1.165, 1.54) is 11.3 Å². The van der Waals surface area contributed by atoms with Crippen molar-refractivity contribution < 1.29 is 9.32 Å². The predicted octanol–water partition coefficient (Wildman–Crippen LogP) is 4.59. The first kappa shape index (κ1) is 16.7. The summed E-state index contributed by atoms with van der Waals surface area (Å²) in [4.78, 5) is 17.6. The molecule has 27 heavy (non-hydrogen) atoms. The molecule has 4 rings (SSSR count). The Morgan fingerprint density at radius 1 is 1.07 bits per heavy atom. The van der Waals surface area contributed by atoms with Crippen molar-refractivity contribution in [3.05, 3.63) is 77.2 Å². The standard InChI is InChI=1S/C20H12N4O2S/c21-12-13-6-8-15(9-7-13)19(25)22-16-10-11-27-17(16)20-23-18(24-26-20)14-4-2-1-3-5-14/h1-11H,(H,22,25). The van der Waals surface area contributed by atoms with E-state index < -0.39 is 0 Å². The van der Waals surface area contributed by atoms with Gasteiger partial charge in [-0.05, 0) is 35.7 Å². The topological polar surface area (TPSA) is 91.8 Å². The highest BCUT2D eigenvalue weighted by atomic mass is 32.1. The van der Waals surface area contributed by atoms with Gasteiger partial charge in [0, 0.05) is 11.1 Å². The predicted molar refractivity (Wildman–Crippen MR) is 102 cm³/mol. The van der Waals surface area contributed by atoms with E-state index in [4.69, 9.17) is 9.78 Å². The SMILES string of the molecule is N#Cc1ccc(C(=O)Nc2ccsc2-c2nc(-c3ccccc3)no2)cc1. The van der Waals surface area contributed by atoms with Crippen LogP contribution in [0.25, 0.3) is 22.2 Å². The molecular weight excluding hydrogens is 360 g/mol. The lowest BCUT2D eigenvalue weighted by Gasteiger charge is -2.04. The molecule has 130 valence electrons. The lowest BCUT2D eigenvalue weighted by molar-refractivity contribution is 0.102. The molecule has 6 nitrogen and oxygen atoms in total. The molecule has 2 aromatic heterocycles. The second-order valence-corrected chi connectivity index (χ2v) is 6.51. The Labute approximate surface area is 158 Å². The van der Waals surface area contributed by atoms with Gasteiger partial charge in [0.1, 0.15) is 4.88 Å². The Morgan fingerprint density at radius 3 is 2.59 bits per heavy atom. The van der Waals surface area contributed by atoms with Crippen LogP contribution in [0.3, 0.4) is 0 Å². The van der Waals surface area contributed by atoms with E-state index in [0.29, 0.717) is 33.4 Å². The Kier molecular flexibility index (Phi) is 4.47. The highest BCUT2D eigenvalue weighted by Gasteiger charge is 2.17. The molecule has 0 saturated carbocycles. The number of carbonyl (C=O) groups is 1. The fourth-order valence-electron chi connectivity index (χ4n) is 2.48. The van der Waals surface area contributed by atoms with E-state index >= 15 is 0 Å². The lowest BCUT2D eigenvalue weighted by Crippen LogP contribution is -2.11. The molecule has 0 fully saturated rings. The minimum Gasteiger partial charge on any atom is -0.333 e. The summed E-state index contributed by atoms with van der Waals surface area (Å²) in [6.45, 7) is 0. The number of anilines is 1. The van der Waals surface area contributed by atoms with Gasteiger partial charge in [-0.3, -0.25) is 4.79 Å². The van der Waals surface area contributed by atoms with Crippen LogP contribution in [0.2, 0.25) is 0 Å². The summed E-state index contributed by atoms with van der Waals surface area (Å²) in [5.74, 6) is 0.560. The van der Waals surface area contributed by atoms with E-state index in [2.05, 4.69) is 15.5 Å². The van der Waals surface area contributed by atoms with Crippen LogP contribution < -0.4 is 5.32 Å². The number of aromatic nitrogens is 2. The third-order valence-electron chi connectivity index (χ3n) is 3.84. The quantitative estimate of drug-likeness (QED) is 0.566. The maximum atomic E-state index is 12.5. The highest BCUT2D eigenvalue weighted by molar-refractivity contribution is 7.14. The molecule has 0 aliphatic rings. The number of hydrogen-bond donors (Lipinski definition) is 1. The van der Waals surface area contributed by atoms with Crippen molar-refractivity contribution in [2.45, 2.75) is 0 Å². The first-order valence-corrected chi connectivity index (χ1v) is 8.91. The minimum absolute atomic E-state index is 0.276. The van der Waals surface area contributed by atoms with Crippen molar-refractivity contribution >= 4 is 22.9 Å². The molecule has 0 aliphatic heterocycles. The molecule has 1 N–H and O–H groups in total. The van der Waals surface area contributed by atoms with E-state index in [1.807, 2.05) is 41.8 Å². The van der Waals surface area contributed by atoms with E-state index in [0.717, 1.165) is 5.56 Å². The number of nitriles is 1. The van der Waals surface area contributed by atoms with Crippen LogP contribution in [0.4, 0.5) is 5.69 Å². The van der Waals surface area contributed by atoms with Gasteiger partial charge in [0.05, 0.1) is 17.3 Å². The van der Waals surface area contributed by atoms with Gasteiger partial charge in [-0.2, -0.15) is 10.2 Å². The first-order valence-electron chi connectivity index (χ1n) is 8.03. The van der Waals surface area contributed by atoms with E-state index in [9.17, 15) is 4.79 Å². The van der Waals surface area contributed by atoms with Crippen LogP contribution in [0.1, 0.15) is 15.9 Å². The largest absolute Gasteiger partial charge is 0.333 e. The van der Waals surface area contributed by atoms with Crippen molar-refractivity contribution in [2.24, 2.45) is 0 Å². The maximum absolute atomic E-state index is 12.5. The van der Waals surface area contributed by atoms with Crippen LogP contribution >= 0.6 is 11.3 Å². The second kappa shape index (κ2) is 7.23. The Morgan fingerprint density at radius 2 is 1.85 bits per heavy atom. The van der Waals surface area contributed by atoms with Crippen LogP contribution in [0.15, 0.2) is 70.6 Å². The monoisotopic (exact) mass is 372 g/mol. The fraction of sp³-hybridized carbons (Fsp3) is 0. The Hall–Kier alpha value is -3.76. The number of rotatable bonds is 4. The molecule has 1 amide bonds. The van der Waals surface area contributed by atoms with Crippen LogP contribution in [-0.2, 0) is 0 Å².